The average Bonchev–Trinajstić information content (AvgIpc) is 3.23. The first-order chi connectivity index (χ1) is 13.8. The van der Waals surface area contributed by atoms with E-state index in [1.54, 1.807) is 6.33 Å². The third kappa shape index (κ3) is 3.19. The Morgan fingerprint density at radius 3 is 3.00 bits per heavy atom. The van der Waals surface area contributed by atoms with E-state index in [1.165, 1.54) is 25.7 Å². The first-order valence-electron chi connectivity index (χ1n) is 10.6. The molecule has 7 heteroatoms. The summed E-state index contributed by atoms with van der Waals surface area (Å²) in [4.78, 5) is 17.5. The lowest BCUT2D eigenvalue weighted by Crippen LogP contribution is -2.57. The second-order valence-corrected chi connectivity index (χ2v) is 8.71. The van der Waals surface area contributed by atoms with Crippen molar-refractivity contribution in [1.82, 2.24) is 19.9 Å². The van der Waals surface area contributed by atoms with E-state index in [0.717, 1.165) is 62.9 Å². The normalized spacial score (nSPS) is 31.8. The molecule has 2 aromatic heterocycles. The number of hydrogen-bond acceptors (Lipinski definition) is 6. The molecule has 0 radical (unpaired) electrons. The van der Waals surface area contributed by atoms with Crippen LogP contribution in [0.5, 0.6) is 0 Å². The van der Waals surface area contributed by atoms with Gasteiger partial charge in [0.25, 0.3) is 0 Å². The van der Waals surface area contributed by atoms with Crippen LogP contribution in [0, 0.1) is 11.3 Å². The highest BCUT2D eigenvalue weighted by atomic mass is 16.5. The van der Waals surface area contributed by atoms with Gasteiger partial charge in [0.15, 0.2) is 5.82 Å². The number of nitrogens with one attached hydrogen (secondary N) is 1. The molecule has 1 aliphatic carbocycles. The maximum atomic E-state index is 5.78. The predicted octanol–water partition coefficient (Wildman–Crippen LogP) is 2.30. The molecule has 152 valence electrons. The van der Waals surface area contributed by atoms with E-state index >= 15 is 0 Å². The minimum absolute atomic E-state index is 0.222. The second-order valence-electron chi connectivity index (χ2n) is 8.71. The Balaban J connectivity index is 1.37. The van der Waals surface area contributed by atoms with E-state index in [2.05, 4.69) is 24.8 Å². The molecule has 3 fully saturated rings. The predicted molar refractivity (Wildman–Crippen MR) is 109 cm³/mol. The highest BCUT2D eigenvalue weighted by Crippen LogP contribution is 2.48. The lowest BCUT2D eigenvalue weighted by molar-refractivity contribution is -0.0539. The number of aromatic nitrogens is 3. The van der Waals surface area contributed by atoms with Crippen LogP contribution < -0.4 is 4.90 Å². The number of ether oxygens (including phenoxy) is 2. The van der Waals surface area contributed by atoms with Gasteiger partial charge in [-0.1, -0.05) is 0 Å². The molecule has 4 heterocycles. The van der Waals surface area contributed by atoms with Gasteiger partial charge in [-0.3, -0.25) is 4.90 Å². The smallest absolute Gasteiger partial charge is 0.156 e. The average molecular weight is 386 g/mol. The van der Waals surface area contributed by atoms with Crippen LogP contribution in [0.15, 0.2) is 18.6 Å². The van der Waals surface area contributed by atoms with E-state index in [4.69, 9.17) is 9.47 Å². The van der Waals surface area contributed by atoms with Crippen molar-refractivity contribution < 1.29 is 9.47 Å². The molecule has 3 aliphatic rings. The van der Waals surface area contributed by atoms with E-state index < -0.39 is 0 Å². The van der Waals surface area contributed by atoms with E-state index in [-0.39, 0.29) is 5.41 Å². The fourth-order valence-corrected chi connectivity index (χ4v) is 5.83. The molecular formula is C21H31N5O2. The van der Waals surface area contributed by atoms with Crippen molar-refractivity contribution in [2.45, 2.75) is 31.7 Å². The molecule has 7 nitrogen and oxygen atoms in total. The number of morpholine rings is 1. The number of methoxy groups -OCH3 is 1. The van der Waals surface area contributed by atoms with Gasteiger partial charge in [-0.2, -0.15) is 0 Å². The van der Waals surface area contributed by atoms with E-state index in [0.29, 0.717) is 12.0 Å². The van der Waals surface area contributed by atoms with Gasteiger partial charge in [0.1, 0.15) is 11.8 Å². The first-order valence-corrected chi connectivity index (χ1v) is 10.6. The Kier molecular flexibility index (Phi) is 4.99. The van der Waals surface area contributed by atoms with Crippen LogP contribution in [-0.4, -0.2) is 79.0 Å². The Bertz CT molecular complexity index is 805. The number of piperidine rings is 1. The van der Waals surface area contributed by atoms with Gasteiger partial charge in [0, 0.05) is 50.9 Å². The summed E-state index contributed by atoms with van der Waals surface area (Å²) >= 11 is 0. The molecule has 2 aliphatic heterocycles. The second kappa shape index (κ2) is 7.61. The summed E-state index contributed by atoms with van der Waals surface area (Å²) in [7, 11) is 1.85. The van der Waals surface area contributed by atoms with Crippen molar-refractivity contribution in [2.75, 3.05) is 58.0 Å². The van der Waals surface area contributed by atoms with Crippen LogP contribution in [-0.2, 0) is 9.47 Å². The van der Waals surface area contributed by atoms with E-state index in [9.17, 15) is 0 Å². The van der Waals surface area contributed by atoms with Crippen molar-refractivity contribution in [1.29, 1.82) is 0 Å². The van der Waals surface area contributed by atoms with Gasteiger partial charge in [-0.05, 0) is 37.7 Å². The summed E-state index contributed by atoms with van der Waals surface area (Å²) in [5, 5.41) is 0. The Labute approximate surface area is 166 Å². The molecule has 0 aromatic carbocycles. The summed E-state index contributed by atoms with van der Waals surface area (Å²) in [5.74, 6) is 1.76. The minimum Gasteiger partial charge on any atom is -0.384 e. The first kappa shape index (κ1) is 18.3. The van der Waals surface area contributed by atoms with Crippen LogP contribution in [0.2, 0.25) is 0 Å². The van der Waals surface area contributed by atoms with Crippen LogP contribution in [0.1, 0.15) is 25.7 Å². The van der Waals surface area contributed by atoms with Gasteiger partial charge in [0.05, 0.1) is 25.3 Å². The largest absolute Gasteiger partial charge is 0.384 e. The molecule has 0 amide bonds. The summed E-state index contributed by atoms with van der Waals surface area (Å²) < 4.78 is 11.3. The monoisotopic (exact) mass is 385 g/mol. The summed E-state index contributed by atoms with van der Waals surface area (Å²) in [5.41, 5.74) is 2.26. The van der Waals surface area contributed by atoms with Crippen molar-refractivity contribution in [3.8, 4) is 0 Å². The molecule has 2 aromatic rings. The van der Waals surface area contributed by atoms with Gasteiger partial charge >= 0.3 is 0 Å². The zero-order valence-corrected chi connectivity index (χ0v) is 16.8. The Morgan fingerprint density at radius 1 is 1.25 bits per heavy atom. The number of rotatable bonds is 4. The highest BCUT2D eigenvalue weighted by molar-refractivity contribution is 5.85. The van der Waals surface area contributed by atoms with Gasteiger partial charge in [-0.15, -0.1) is 0 Å². The van der Waals surface area contributed by atoms with Gasteiger partial charge in [0.2, 0.25) is 0 Å². The van der Waals surface area contributed by atoms with Crippen molar-refractivity contribution in [2.24, 2.45) is 11.3 Å². The van der Waals surface area contributed by atoms with Crippen LogP contribution >= 0.6 is 0 Å². The SMILES string of the molecule is COC[C@@]12CC[C@@H](N3CCOCC3)C[C@H]1CCN(c1ncnc3cc[nH]c13)C2. The number of H-pyrrole nitrogens is 1. The van der Waals surface area contributed by atoms with Crippen LogP contribution in [0.25, 0.3) is 11.0 Å². The molecule has 5 rings (SSSR count). The quantitative estimate of drug-likeness (QED) is 0.871. The molecule has 1 saturated carbocycles. The Hall–Kier alpha value is -1.70. The summed E-state index contributed by atoms with van der Waals surface area (Å²) in [6.07, 6.45) is 8.62. The third-order valence-corrected chi connectivity index (χ3v) is 7.27. The minimum atomic E-state index is 0.222. The van der Waals surface area contributed by atoms with Crippen molar-refractivity contribution >= 4 is 16.9 Å². The van der Waals surface area contributed by atoms with E-state index in [1.807, 2.05) is 19.4 Å². The number of aromatic amines is 1. The molecule has 1 N–H and O–H groups in total. The third-order valence-electron chi connectivity index (χ3n) is 7.27. The molecule has 3 atom stereocenters. The van der Waals surface area contributed by atoms with Gasteiger partial charge < -0.3 is 19.4 Å². The summed E-state index contributed by atoms with van der Waals surface area (Å²) in [6.45, 7) is 6.86. The standard InChI is InChI=1S/C21H31N5O2/c1-27-14-21-5-2-17(25-8-10-28-11-9-25)12-16(21)4-7-26(13-21)20-19-18(3-6-22-19)23-15-24-20/h3,6,15-17,22H,2,4-5,7-14H2,1H3/t16-,17-,21+/m1/s1. The zero-order valence-electron chi connectivity index (χ0n) is 16.8. The number of hydrogen-bond donors (Lipinski definition) is 1. The highest BCUT2D eigenvalue weighted by Gasteiger charge is 2.48. The van der Waals surface area contributed by atoms with Crippen LogP contribution in [0.3, 0.4) is 0 Å². The number of nitrogens with zero attached hydrogens (tertiary/aromatic N) is 4. The Morgan fingerprint density at radius 2 is 2.14 bits per heavy atom. The maximum absolute atomic E-state index is 5.78. The van der Waals surface area contributed by atoms with Crippen molar-refractivity contribution in [3.05, 3.63) is 18.6 Å². The zero-order chi connectivity index (χ0) is 19.0. The molecular weight excluding hydrogens is 354 g/mol. The number of anilines is 1. The fourth-order valence-electron chi connectivity index (χ4n) is 5.83. The topological polar surface area (TPSA) is 66.5 Å². The lowest BCUT2D eigenvalue weighted by atomic mass is 9.62. The summed E-state index contributed by atoms with van der Waals surface area (Å²) in [6, 6.07) is 2.73. The fraction of sp³-hybridized carbons (Fsp3) is 0.714. The molecule has 0 spiro atoms. The van der Waals surface area contributed by atoms with Crippen molar-refractivity contribution in [3.63, 3.8) is 0 Å². The lowest BCUT2D eigenvalue weighted by Gasteiger charge is -2.54. The molecule has 2 saturated heterocycles. The maximum Gasteiger partial charge on any atom is 0.156 e. The number of fused-ring (bicyclic) bond motifs is 2. The molecule has 0 bridgehead atoms. The van der Waals surface area contributed by atoms with Crippen LogP contribution in [0.4, 0.5) is 5.82 Å². The molecule has 28 heavy (non-hydrogen) atoms. The van der Waals surface area contributed by atoms with Gasteiger partial charge in [-0.25, -0.2) is 9.97 Å². The molecule has 0 unspecified atom stereocenters.